The third kappa shape index (κ3) is 3.23. The zero-order valence-electron chi connectivity index (χ0n) is 11.4. The Bertz CT molecular complexity index is 628. The fraction of sp³-hybridized carbons (Fsp3) is 0.214. The summed E-state index contributed by atoms with van der Waals surface area (Å²) in [7, 11) is 1.55. The van der Waals surface area contributed by atoms with Gasteiger partial charge in [0.1, 0.15) is 0 Å². The lowest BCUT2D eigenvalue weighted by Gasteiger charge is -2.08. The second kappa shape index (κ2) is 6.01. The van der Waals surface area contributed by atoms with E-state index in [9.17, 15) is 4.79 Å². The molecule has 0 unspecified atom stereocenters. The number of aromatic nitrogens is 2. The van der Waals surface area contributed by atoms with E-state index >= 15 is 0 Å². The Hall–Kier alpha value is -2.63. The number of nitrogen functional groups attached to an aromatic ring is 1. The number of pyridine rings is 2. The molecule has 0 aromatic carbocycles. The molecule has 20 heavy (non-hydrogen) atoms. The van der Waals surface area contributed by atoms with Crippen LogP contribution in [0.4, 0.5) is 5.69 Å². The van der Waals surface area contributed by atoms with Crippen LogP contribution in [0.3, 0.4) is 0 Å². The Morgan fingerprint density at radius 1 is 1.40 bits per heavy atom. The molecule has 0 aliphatic rings. The van der Waals surface area contributed by atoms with Crippen LogP contribution in [-0.2, 0) is 6.54 Å². The van der Waals surface area contributed by atoms with Crippen molar-refractivity contribution in [1.29, 1.82) is 0 Å². The molecule has 0 atom stereocenters. The Kier molecular flexibility index (Phi) is 4.14. The summed E-state index contributed by atoms with van der Waals surface area (Å²) >= 11 is 0. The molecule has 1 amide bonds. The molecule has 0 fully saturated rings. The maximum atomic E-state index is 12.0. The van der Waals surface area contributed by atoms with Crippen LogP contribution < -0.4 is 15.8 Å². The first kappa shape index (κ1) is 13.8. The lowest BCUT2D eigenvalue weighted by atomic mass is 10.2. The van der Waals surface area contributed by atoms with Crippen LogP contribution in [0, 0.1) is 6.92 Å². The molecule has 0 bridgehead atoms. The summed E-state index contributed by atoms with van der Waals surface area (Å²) in [6.45, 7) is 2.19. The van der Waals surface area contributed by atoms with Crippen molar-refractivity contribution in [2.75, 3.05) is 12.8 Å². The van der Waals surface area contributed by atoms with E-state index < -0.39 is 0 Å². The minimum Gasteiger partial charge on any atom is -0.481 e. The van der Waals surface area contributed by atoms with Crippen LogP contribution in [-0.4, -0.2) is 23.0 Å². The van der Waals surface area contributed by atoms with Crippen molar-refractivity contribution in [1.82, 2.24) is 15.3 Å². The van der Waals surface area contributed by atoms with Gasteiger partial charge in [0.25, 0.3) is 5.91 Å². The Morgan fingerprint density at radius 3 is 2.90 bits per heavy atom. The van der Waals surface area contributed by atoms with E-state index in [4.69, 9.17) is 10.5 Å². The summed E-state index contributed by atoms with van der Waals surface area (Å²) < 4.78 is 5.02. The van der Waals surface area contributed by atoms with E-state index in [1.807, 2.05) is 6.92 Å². The summed E-state index contributed by atoms with van der Waals surface area (Å²) in [6, 6.07) is 5.24. The average molecular weight is 272 g/mol. The number of methoxy groups -OCH3 is 1. The molecular weight excluding hydrogens is 256 g/mol. The molecule has 2 aromatic rings. The number of carbonyl (C=O) groups excluding carboxylic acids is 1. The molecule has 0 radical (unpaired) electrons. The Labute approximate surface area is 117 Å². The van der Waals surface area contributed by atoms with Gasteiger partial charge in [0.2, 0.25) is 5.88 Å². The van der Waals surface area contributed by atoms with Crippen LogP contribution in [0.15, 0.2) is 30.6 Å². The minimum atomic E-state index is -0.259. The standard InChI is InChI=1S/C14H16N4O2/c1-9-5-12(15)11(8-17-9)14(19)18-7-10-3-4-16-13(6-10)20-2/h3-6,8H,7H2,1-2H3,(H2,15,17)(H,18,19). The first-order valence-corrected chi connectivity index (χ1v) is 6.09. The van der Waals surface area contributed by atoms with Gasteiger partial charge in [-0.2, -0.15) is 0 Å². The molecule has 2 rings (SSSR count). The van der Waals surface area contributed by atoms with Gasteiger partial charge in [-0.25, -0.2) is 4.98 Å². The zero-order chi connectivity index (χ0) is 14.5. The number of amides is 1. The molecule has 0 saturated heterocycles. The molecule has 0 aliphatic heterocycles. The third-order valence-electron chi connectivity index (χ3n) is 2.78. The van der Waals surface area contributed by atoms with Crippen molar-refractivity contribution in [3.63, 3.8) is 0 Å². The summed E-state index contributed by atoms with van der Waals surface area (Å²) in [4.78, 5) is 20.1. The number of aryl methyl sites for hydroxylation is 1. The summed E-state index contributed by atoms with van der Waals surface area (Å²) in [5.41, 5.74) is 8.27. The molecule has 0 aliphatic carbocycles. The fourth-order valence-corrected chi connectivity index (χ4v) is 1.72. The van der Waals surface area contributed by atoms with E-state index in [1.165, 1.54) is 6.20 Å². The van der Waals surface area contributed by atoms with Gasteiger partial charge in [-0.3, -0.25) is 9.78 Å². The van der Waals surface area contributed by atoms with Gasteiger partial charge in [0.05, 0.1) is 12.7 Å². The van der Waals surface area contributed by atoms with Gasteiger partial charge in [-0.1, -0.05) is 0 Å². The average Bonchev–Trinajstić information content (AvgIpc) is 2.45. The maximum absolute atomic E-state index is 12.0. The number of rotatable bonds is 4. The molecule has 6 nitrogen and oxygen atoms in total. The highest BCUT2D eigenvalue weighted by molar-refractivity contribution is 5.98. The van der Waals surface area contributed by atoms with E-state index in [0.29, 0.717) is 23.7 Å². The highest BCUT2D eigenvalue weighted by atomic mass is 16.5. The van der Waals surface area contributed by atoms with Gasteiger partial charge >= 0.3 is 0 Å². The van der Waals surface area contributed by atoms with Crippen LogP contribution >= 0.6 is 0 Å². The van der Waals surface area contributed by atoms with Crippen molar-refractivity contribution in [2.24, 2.45) is 0 Å². The third-order valence-corrected chi connectivity index (χ3v) is 2.78. The van der Waals surface area contributed by atoms with Crippen LogP contribution in [0.1, 0.15) is 21.6 Å². The molecule has 2 heterocycles. The number of hydrogen-bond donors (Lipinski definition) is 2. The monoisotopic (exact) mass is 272 g/mol. The number of hydrogen-bond acceptors (Lipinski definition) is 5. The zero-order valence-corrected chi connectivity index (χ0v) is 11.4. The normalized spacial score (nSPS) is 10.1. The fourth-order valence-electron chi connectivity index (χ4n) is 1.72. The molecule has 6 heteroatoms. The van der Waals surface area contributed by atoms with E-state index in [1.54, 1.807) is 31.5 Å². The van der Waals surface area contributed by atoms with E-state index in [0.717, 1.165) is 11.3 Å². The van der Waals surface area contributed by atoms with Gasteiger partial charge in [-0.05, 0) is 24.6 Å². The first-order chi connectivity index (χ1) is 9.60. The number of nitrogens with zero attached hydrogens (tertiary/aromatic N) is 2. The van der Waals surface area contributed by atoms with Crippen LogP contribution in [0.2, 0.25) is 0 Å². The molecular formula is C14H16N4O2. The van der Waals surface area contributed by atoms with Crippen LogP contribution in [0.5, 0.6) is 5.88 Å². The smallest absolute Gasteiger partial charge is 0.255 e. The van der Waals surface area contributed by atoms with Gasteiger partial charge in [0.15, 0.2) is 0 Å². The van der Waals surface area contributed by atoms with Crippen molar-refractivity contribution < 1.29 is 9.53 Å². The van der Waals surface area contributed by atoms with Crippen molar-refractivity contribution in [2.45, 2.75) is 13.5 Å². The lowest BCUT2D eigenvalue weighted by Crippen LogP contribution is -2.24. The molecule has 104 valence electrons. The number of carbonyl (C=O) groups is 1. The number of nitrogens with two attached hydrogens (primary N) is 1. The van der Waals surface area contributed by atoms with E-state index in [2.05, 4.69) is 15.3 Å². The Morgan fingerprint density at radius 2 is 2.20 bits per heavy atom. The largest absolute Gasteiger partial charge is 0.481 e. The van der Waals surface area contributed by atoms with Gasteiger partial charge in [-0.15, -0.1) is 0 Å². The summed E-state index contributed by atoms with van der Waals surface area (Å²) in [5.74, 6) is 0.249. The lowest BCUT2D eigenvalue weighted by molar-refractivity contribution is 0.0951. The van der Waals surface area contributed by atoms with Crippen molar-refractivity contribution >= 4 is 11.6 Å². The number of ether oxygens (including phenoxy) is 1. The molecule has 0 spiro atoms. The summed E-state index contributed by atoms with van der Waals surface area (Å²) in [5, 5.41) is 2.78. The number of nitrogens with one attached hydrogen (secondary N) is 1. The Balaban J connectivity index is 2.04. The van der Waals surface area contributed by atoms with Crippen LogP contribution in [0.25, 0.3) is 0 Å². The minimum absolute atomic E-state index is 0.259. The first-order valence-electron chi connectivity index (χ1n) is 6.09. The topological polar surface area (TPSA) is 90.1 Å². The highest BCUT2D eigenvalue weighted by Crippen LogP contribution is 2.12. The summed E-state index contributed by atoms with van der Waals surface area (Å²) in [6.07, 6.45) is 3.11. The SMILES string of the molecule is COc1cc(CNC(=O)c2cnc(C)cc2N)ccn1. The van der Waals surface area contributed by atoms with E-state index in [-0.39, 0.29) is 5.91 Å². The predicted octanol–water partition coefficient (Wildman–Crippen LogP) is 1.31. The molecule has 3 N–H and O–H groups in total. The predicted molar refractivity (Wildman–Crippen MR) is 75.3 cm³/mol. The molecule has 2 aromatic heterocycles. The van der Waals surface area contributed by atoms with Crippen molar-refractivity contribution in [3.05, 3.63) is 47.4 Å². The number of anilines is 1. The quantitative estimate of drug-likeness (QED) is 0.875. The second-order valence-electron chi connectivity index (χ2n) is 4.30. The second-order valence-corrected chi connectivity index (χ2v) is 4.30. The highest BCUT2D eigenvalue weighted by Gasteiger charge is 2.10. The van der Waals surface area contributed by atoms with Gasteiger partial charge in [0, 0.05) is 36.4 Å². The molecule has 0 saturated carbocycles. The van der Waals surface area contributed by atoms with Gasteiger partial charge < -0.3 is 15.8 Å². The maximum Gasteiger partial charge on any atom is 0.255 e. The van der Waals surface area contributed by atoms with Crippen molar-refractivity contribution in [3.8, 4) is 5.88 Å².